The number of halogens is 1. The van der Waals surface area contributed by atoms with Gasteiger partial charge in [-0.3, -0.25) is 0 Å². The largest absolute Gasteiger partial charge is 0.374 e. The van der Waals surface area contributed by atoms with Crippen LogP contribution in [0, 0.1) is 11.7 Å². The molecule has 0 spiro atoms. The van der Waals surface area contributed by atoms with E-state index in [4.69, 9.17) is 0 Å². The maximum atomic E-state index is 13.3. The zero-order chi connectivity index (χ0) is 12.8. The number of anilines is 1. The van der Waals surface area contributed by atoms with E-state index in [9.17, 15) is 4.39 Å². The smallest absolute Gasteiger partial charge is 0.123 e. The summed E-state index contributed by atoms with van der Waals surface area (Å²) in [6.07, 6.45) is 0. The van der Waals surface area contributed by atoms with Crippen LogP contribution in [0.5, 0.6) is 0 Å². The molecule has 1 aromatic carbocycles. The summed E-state index contributed by atoms with van der Waals surface area (Å²) in [6.45, 7) is 9.01. The molecule has 0 amide bonds. The molecule has 3 heteroatoms. The summed E-state index contributed by atoms with van der Waals surface area (Å²) in [6, 6.07) is 5.01. The third kappa shape index (κ3) is 4.35. The second-order valence-corrected chi connectivity index (χ2v) is 4.83. The van der Waals surface area contributed by atoms with Gasteiger partial charge in [-0.25, -0.2) is 4.39 Å². The minimum Gasteiger partial charge on any atom is -0.374 e. The van der Waals surface area contributed by atoms with Crippen LogP contribution in [0.1, 0.15) is 26.3 Å². The van der Waals surface area contributed by atoms with Gasteiger partial charge in [0.05, 0.1) is 0 Å². The molecule has 0 saturated carbocycles. The van der Waals surface area contributed by atoms with Crippen molar-refractivity contribution in [2.24, 2.45) is 5.92 Å². The number of nitrogens with one attached hydrogen (secondary N) is 1. The van der Waals surface area contributed by atoms with Gasteiger partial charge in [0.15, 0.2) is 0 Å². The molecule has 0 fully saturated rings. The molecular formula is C14H23FN2. The van der Waals surface area contributed by atoms with E-state index in [1.807, 2.05) is 6.07 Å². The zero-order valence-electron chi connectivity index (χ0n) is 11.3. The molecule has 96 valence electrons. The summed E-state index contributed by atoms with van der Waals surface area (Å²) in [4.78, 5) is 2.19. The number of rotatable bonds is 6. The van der Waals surface area contributed by atoms with Crippen molar-refractivity contribution >= 4 is 5.69 Å². The van der Waals surface area contributed by atoms with E-state index in [0.29, 0.717) is 12.5 Å². The Kier molecular flexibility index (Phi) is 5.42. The summed E-state index contributed by atoms with van der Waals surface area (Å²) < 4.78 is 13.3. The van der Waals surface area contributed by atoms with Crippen LogP contribution >= 0.6 is 0 Å². The predicted molar refractivity (Wildman–Crippen MR) is 71.9 cm³/mol. The van der Waals surface area contributed by atoms with Crippen molar-refractivity contribution in [2.75, 3.05) is 25.0 Å². The lowest BCUT2D eigenvalue weighted by molar-refractivity contribution is 0.616. The molecule has 0 saturated heterocycles. The molecule has 0 heterocycles. The SMILES string of the molecule is CCNCc1cc(F)ccc1N(C)CC(C)C. The second kappa shape index (κ2) is 6.60. The Bertz CT molecular complexity index is 350. The molecule has 0 aromatic heterocycles. The quantitative estimate of drug-likeness (QED) is 0.819. The van der Waals surface area contributed by atoms with E-state index in [0.717, 1.165) is 24.3 Å². The Morgan fingerprint density at radius 3 is 2.65 bits per heavy atom. The molecule has 1 N–H and O–H groups in total. The average Bonchev–Trinajstić information content (AvgIpc) is 2.25. The number of hydrogen-bond acceptors (Lipinski definition) is 2. The zero-order valence-corrected chi connectivity index (χ0v) is 11.3. The first kappa shape index (κ1) is 14.0. The van der Waals surface area contributed by atoms with Crippen molar-refractivity contribution in [1.82, 2.24) is 5.32 Å². The Hall–Kier alpha value is -1.09. The molecule has 1 aromatic rings. The van der Waals surface area contributed by atoms with E-state index in [1.54, 1.807) is 6.07 Å². The minimum absolute atomic E-state index is 0.167. The van der Waals surface area contributed by atoms with Gasteiger partial charge in [0.2, 0.25) is 0 Å². The highest BCUT2D eigenvalue weighted by Crippen LogP contribution is 2.21. The molecule has 0 aliphatic carbocycles. The summed E-state index contributed by atoms with van der Waals surface area (Å²) in [7, 11) is 2.06. The Morgan fingerprint density at radius 1 is 1.35 bits per heavy atom. The average molecular weight is 238 g/mol. The van der Waals surface area contributed by atoms with Crippen molar-refractivity contribution in [1.29, 1.82) is 0 Å². The molecule has 0 bridgehead atoms. The van der Waals surface area contributed by atoms with Gasteiger partial charge >= 0.3 is 0 Å². The molecule has 0 unspecified atom stereocenters. The van der Waals surface area contributed by atoms with Crippen LogP contribution in [0.15, 0.2) is 18.2 Å². The standard InChI is InChI=1S/C14H23FN2/c1-5-16-9-12-8-13(15)6-7-14(12)17(4)10-11(2)3/h6-8,11,16H,5,9-10H2,1-4H3. The Balaban J connectivity index is 2.88. The minimum atomic E-state index is -0.167. The molecule has 0 atom stereocenters. The normalized spacial score (nSPS) is 10.9. The second-order valence-electron chi connectivity index (χ2n) is 4.83. The van der Waals surface area contributed by atoms with Crippen molar-refractivity contribution in [3.63, 3.8) is 0 Å². The van der Waals surface area contributed by atoms with Gasteiger partial charge < -0.3 is 10.2 Å². The molecule has 0 radical (unpaired) electrons. The number of benzene rings is 1. The summed E-state index contributed by atoms with van der Waals surface area (Å²) in [5.41, 5.74) is 2.14. The van der Waals surface area contributed by atoms with Crippen molar-refractivity contribution in [3.8, 4) is 0 Å². The van der Waals surface area contributed by atoms with Crippen LogP contribution in [-0.4, -0.2) is 20.1 Å². The van der Waals surface area contributed by atoms with Crippen molar-refractivity contribution in [2.45, 2.75) is 27.3 Å². The van der Waals surface area contributed by atoms with E-state index in [-0.39, 0.29) is 5.82 Å². The van der Waals surface area contributed by atoms with Crippen LogP contribution in [0.25, 0.3) is 0 Å². The fourth-order valence-corrected chi connectivity index (χ4v) is 1.97. The summed E-state index contributed by atoms with van der Waals surface area (Å²) in [5.74, 6) is 0.427. The third-order valence-corrected chi connectivity index (χ3v) is 2.66. The van der Waals surface area contributed by atoms with Crippen LogP contribution in [-0.2, 0) is 6.54 Å². The summed E-state index contributed by atoms with van der Waals surface area (Å²) >= 11 is 0. The first-order chi connectivity index (χ1) is 8.04. The molecule has 0 aliphatic rings. The monoisotopic (exact) mass is 238 g/mol. The summed E-state index contributed by atoms with van der Waals surface area (Å²) in [5, 5.41) is 3.25. The first-order valence-corrected chi connectivity index (χ1v) is 6.24. The Labute approximate surface area is 104 Å². The number of hydrogen-bond donors (Lipinski definition) is 1. The van der Waals surface area contributed by atoms with Gasteiger partial charge in [0.25, 0.3) is 0 Å². The molecule has 1 rings (SSSR count). The van der Waals surface area contributed by atoms with Gasteiger partial charge in [0.1, 0.15) is 5.82 Å². The lowest BCUT2D eigenvalue weighted by atomic mass is 10.1. The van der Waals surface area contributed by atoms with Gasteiger partial charge in [-0.05, 0) is 36.2 Å². The van der Waals surface area contributed by atoms with Gasteiger partial charge in [-0.2, -0.15) is 0 Å². The van der Waals surface area contributed by atoms with Gasteiger partial charge in [0, 0.05) is 25.8 Å². The van der Waals surface area contributed by atoms with Gasteiger partial charge in [-0.1, -0.05) is 20.8 Å². The maximum absolute atomic E-state index is 13.3. The fourth-order valence-electron chi connectivity index (χ4n) is 1.97. The topological polar surface area (TPSA) is 15.3 Å². The lowest BCUT2D eigenvalue weighted by Crippen LogP contribution is -2.25. The third-order valence-electron chi connectivity index (χ3n) is 2.66. The fraction of sp³-hybridized carbons (Fsp3) is 0.571. The lowest BCUT2D eigenvalue weighted by Gasteiger charge is -2.24. The highest BCUT2D eigenvalue weighted by molar-refractivity contribution is 5.53. The first-order valence-electron chi connectivity index (χ1n) is 6.24. The predicted octanol–water partition coefficient (Wildman–Crippen LogP) is 3.03. The van der Waals surface area contributed by atoms with Crippen LogP contribution in [0.3, 0.4) is 0 Å². The van der Waals surface area contributed by atoms with Crippen molar-refractivity contribution < 1.29 is 4.39 Å². The van der Waals surface area contributed by atoms with E-state index in [1.165, 1.54) is 6.07 Å². The van der Waals surface area contributed by atoms with Crippen molar-refractivity contribution in [3.05, 3.63) is 29.6 Å². The number of nitrogens with zero attached hydrogens (tertiary/aromatic N) is 1. The molecule has 2 nitrogen and oxygen atoms in total. The van der Waals surface area contributed by atoms with E-state index < -0.39 is 0 Å². The van der Waals surface area contributed by atoms with Crippen LogP contribution in [0.2, 0.25) is 0 Å². The highest BCUT2D eigenvalue weighted by atomic mass is 19.1. The van der Waals surface area contributed by atoms with Crippen LogP contribution < -0.4 is 10.2 Å². The molecule has 0 aliphatic heterocycles. The van der Waals surface area contributed by atoms with E-state index >= 15 is 0 Å². The molecular weight excluding hydrogens is 215 g/mol. The highest BCUT2D eigenvalue weighted by Gasteiger charge is 2.09. The Morgan fingerprint density at radius 2 is 2.06 bits per heavy atom. The van der Waals surface area contributed by atoms with Crippen LogP contribution in [0.4, 0.5) is 10.1 Å². The molecule has 17 heavy (non-hydrogen) atoms. The van der Waals surface area contributed by atoms with Gasteiger partial charge in [-0.15, -0.1) is 0 Å². The maximum Gasteiger partial charge on any atom is 0.123 e. The van der Waals surface area contributed by atoms with E-state index in [2.05, 4.69) is 38.0 Å².